The lowest BCUT2D eigenvalue weighted by atomic mass is 10.0. The number of methoxy groups -OCH3 is 2. The van der Waals surface area contributed by atoms with Gasteiger partial charge in [-0.05, 0) is 68.8 Å². The van der Waals surface area contributed by atoms with Gasteiger partial charge < -0.3 is 34.1 Å². The first-order chi connectivity index (χ1) is 20.3. The number of halogens is 1. The van der Waals surface area contributed by atoms with Crippen LogP contribution in [0.15, 0.2) is 53.0 Å². The molecule has 0 bridgehead atoms. The SMILES string of the molecule is COC(=O)c1cccc2c1OC[C@H](NC[C@H](C)N(C)C(=O)OC(C)(C)C)C(=O)N2Cc1c(OC)ccc2cc(Br)ccc12. The molecule has 230 valence electrons. The normalized spacial score (nSPS) is 15.7. The number of carbonyl (C=O) groups is 3. The summed E-state index contributed by atoms with van der Waals surface area (Å²) >= 11 is 3.53. The number of rotatable bonds is 8. The van der Waals surface area contributed by atoms with E-state index in [9.17, 15) is 14.4 Å². The number of anilines is 1. The molecule has 0 fully saturated rings. The lowest BCUT2D eigenvalue weighted by molar-refractivity contribution is -0.121. The summed E-state index contributed by atoms with van der Waals surface area (Å²) in [6.45, 7) is 7.67. The molecule has 0 aromatic heterocycles. The van der Waals surface area contributed by atoms with Gasteiger partial charge in [0.2, 0.25) is 5.91 Å². The van der Waals surface area contributed by atoms with E-state index in [0.717, 1.165) is 20.8 Å². The number of hydrogen-bond acceptors (Lipinski definition) is 8. The molecule has 1 aliphatic rings. The zero-order chi connectivity index (χ0) is 31.5. The van der Waals surface area contributed by atoms with Crippen molar-refractivity contribution in [2.75, 3.05) is 39.3 Å². The van der Waals surface area contributed by atoms with Crippen LogP contribution in [0.2, 0.25) is 0 Å². The molecule has 1 N–H and O–H groups in total. The number of esters is 1. The average molecular weight is 657 g/mol. The largest absolute Gasteiger partial charge is 0.496 e. The van der Waals surface area contributed by atoms with Gasteiger partial charge >= 0.3 is 12.1 Å². The van der Waals surface area contributed by atoms with Gasteiger partial charge in [-0.3, -0.25) is 4.79 Å². The van der Waals surface area contributed by atoms with Crippen LogP contribution in [0, 0.1) is 0 Å². The molecular weight excluding hydrogens is 618 g/mol. The van der Waals surface area contributed by atoms with Crippen LogP contribution in [0.3, 0.4) is 0 Å². The second kappa shape index (κ2) is 13.2. The molecule has 0 saturated heterocycles. The van der Waals surface area contributed by atoms with Crippen LogP contribution < -0.4 is 19.7 Å². The van der Waals surface area contributed by atoms with E-state index in [4.69, 9.17) is 18.9 Å². The molecule has 10 nitrogen and oxygen atoms in total. The molecule has 11 heteroatoms. The number of benzene rings is 3. The van der Waals surface area contributed by atoms with E-state index < -0.39 is 23.7 Å². The minimum atomic E-state index is -0.789. The highest BCUT2D eigenvalue weighted by molar-refractivity contribution is 9.10. The van der Waals surface area contributed by atoms with Crippen molar-refractivity contribution in [1.82, 2.24) is 10.2 Å². The Morgan fingerprint density at radius 3 is 2.58 bits per heavy atom. The maximum Gasteiger partial charge on any atom is 0.410 e. The van der Waals surface area contributed by atoms with E-state index in [2.05, 4.69) is 21.2 Å². The van der Waals surface area contributed by atoms with E-state index in [-0.39, 0.29) is 43.0 Å². The van der Waals surface area contributed by atoms with Crippen molar-refractivity contribution < 1.29 is 33.3 Å². The zero-order valence-electron chi connectivity index (χ0n) is 25.5. The molecule has 1 aliphatic heterocycles. The Morgan fingerprint density at radius 1 is 1.16 bits per heavy atom. The molecule has 3 aromatic carbocycles. The van der Waals surface area contributed by atoms with Gasteiger partial charge in [0, 0.05) is 29.7 Å². The van der Waals surface area contributed by atoms with Crippen LogP contribution in [-0.4, -0.2) is 75.0 Å². The Balaban J connectivity index is 1.70. The molecule has 3 aromatic rings. The first kappa shape index (κ1) is 32.1. The third kappa shape index (κ3) is 7.22. The van der Waals surface area contributed by atoms with Gasteiger partial charge in [-0.2, -0.15) is 0 Å². The zero-order valence-corrected chi connectivity index (χ0v) is 27.1. The fraction of sp³-hybridized carbons (Fsp3) is 0.406. The van der Waals surface area contributed by atoms with E-state index >= 15 is 0 Å². The maximum absolute atomic E-state index is 14.3. The van der Waals surface area contributed by atoms with Crippen molar-refractivity contribution in [2.24, 2.45) is 0 Å². The number of fused-ring (bicyclic) bond motifs is 2. The van der Waals surface area contributed by atoms with Gasteiger partial charge in [0.25, 0.3) is 0 Å². The van der Waals surface area contributed by atoms with E-state index in [1.54, 1.807) is 37.3 Å². The highest BCUT2D eigenvalue weighted by Crippen LogP contribution is 2.39. The molecule has 0 unspecified atom stereocenters. The smallest absolute Gasteiger partial charge is 0.410 e. The summed E-state index contributed by atoms with van der Waals surface area (Å²) < 4.78 is 23.3. The molecule has 43 heavy (non-hydrogen) atoms. The Labute approximate surface area is 260 Å². The van der Waals surface area contributed by atoms with Crippen LogP contribution in [0.1, 0.15) is 43.6 Å². The molecule has 0 spiro atoms. The summed E-state index contributed by atoms with van der Waals surface area (Å²) in [5.41, 5.74) is 0.818. The third-order valence-electron chi connectivity index (χ3n) is 7.24. The van der Waals surface area contributed by atoms with Gasteiger partial charge in [-0.15, -0.1) is 0 Å². The molecule has 1 heterocycles. The summed E-state index contributed by atoms with van der Waals surface area (Å²) in [6.07, 6.45) is -0.461. The lowest BCUT2D eigenvalue weighted by Gasteiger charge is -2.30. The molecular formula is C32H38BrN3O7. The Kier molecular flexibility index (Phi) is 9.86. The van der Waals surface area contributed by atoms with Crippen molar-refractivity contribution >= 4 is 50.4 Å². The summed E-state index contributed by atoms with van der Waals surface area (Å²) in [6, 6.07) is 13.7. The number of hydrogen-bond donors (Lipinski definition) is 1. The topological polar surface area (TPSA) is 107 Å². The number of nitrogens with one attached hydrogen (secondary N) is 1. The fourth-order valence-corrected chi connectivity index (χ4v) is 5.21. The lowest BCUT2D eigenvalue weighted by Crippen LogP contribution is -2.52. The predicted molar refractivity (Wildman–Crippen MR) is 168 cm³/mol. The maximum atomic E-state index is 14.3. The quantitative estimate of drug-likeness (QED) is 0.316. The van der Waals surface area contributed by atoms with Crippen LogP contribution >= 0.6 is 15.9 Å². The molecule has 4 rings (SSSR count). The van der Waals surface area contributed by atoms with E-state index in [1.807, 2.05) is 58.0 Å². The number of amides is 2. The summed E-state index contributed by atoms with van der Waals surface area (Å²) in [7, 11) is 4.54. The summed E-state index contributed by atoms with van der Waals surface area (Å²) in [4.78, 5) is 42.7. The molecule has 2 amide bonds. The van der Waals surface area contributed by atoms with Crippen LogP contribution in [-0.2, 0) is 20.8 Å². The third-order valence-corrected chi connectivity index (χ3v) is 7.73. The Bertz CT molecular complexity index is 1520. The summed E-state index contributed by atoms with van der Waals surface area (Å²) in [5, 5.41) is 5.17. The van der Waals surface area contributed by atoms with Crippen molar-refractivity contribution in [3.8, 4) is 11.5 Å². The monoisotopic (exact) mass is 655 g/mol. The van der Waals surface area contributed by atoms with Gasteiger partial charge in [-0.25, -0.2) is 9.59 Å². The van der Waals surface area contributed by atoms with E-state index in [0.29, 0.717) is 11.4 Å². The Morgan fingerprint density at radius 2 is 1.91 bits per heavy atom. The van der Waals surface area contributed by atoms with Crippen molar-refractivity contribution in [3.63, 3.8) is 0 Å². The van der Waals surface area contributed by atoms with Crippen LogP contribution in [0.4, 0.5) is 10.5 Å². The van der Waals surface area contributed by atoms with Crippen molar-refractivity contribution in [1.29, 1.82) is 0 Å². The molecule has 0 aliphatic carbocycles. The standard InChI is InChI=1S/C32H38BrN3O7/c1-19(35(5)31(39)43-32(2,3)4)16-34-25-18-42-28-23(30(38)41-7)9-8-10-26(28)36(29(25)37)17-24-22-13-12-21(33)15-20(22)11-14-27(24)40-6/h8-15,19,25,34H,16-18H2,1-7H3/t19-,25-/m0/s1. The van der Waals surface area contributed by atoms with Gasteiger partial charge in [-0.1, -0.05) is 34.1 Å². The van der Waals surface area contributed by atoms with Crippen molar-refractivity contribution in [2.45, 2.75) is 51.9 Å². The van der Waals surface area contributed by atoms with Gasteiger partial charge in [0.05, 0.1) is 26.5 Å². The van der Waals surface area contributed by atoms with Gasteiger partial charge in [0.15, 0.2) is 5.75 Å². The number of carbonyl (C=O) groups excluding carboxylic acids is 3. The number of para-hydroxylation sites is 1. The second-order valence-corrected chi connectivity index (χ2v) is 12.3. The Hall–Kier alpha value is -3.83. The second-order valence-electron chi connectivity index (χ2n) is 11.4. The van der Waals surface area contributed by atoms with Crippen LogP contribution in [0.5, 0.6) is 11.5 Å². The molecule has 2 atom stereocenters. The average Bonchev–Trinajstić information content (AvgIpc) is 3.10. The van der Waals surface area contributed by atoms with E-state index in [1.165, 1.54) is 12.0 Å². The first-order valence-electron chi connectivity index (χ1n) is 13.9. The highest BCUT2D eigenvalue weighted by atomic mass is 79.9. The first-order valence-corrected chi connectivity index (χ1v) is 14.7. The highest BCUT2D eigenvalue weighted by Gasteiger charge is 2.35. The van der Waals surface area contributed by atoms with Crippen molar-refractivity contribution in [3.05, 3.63) is 64.1 Å². The minimum absolute atomic E-state index is 0.0428. The minimum Gasteiger partial charge on any atom is -0.496 e. The van der Waals surface area contributed by atoms with Crippen LogP contribution in [0.25, 0.3) is 10.8 Å². The number of ether oxygens (including phenoxy) is 4. The molecule has 0 radical (unpaired) electrons. The number of likely N-dealkylation sites (N-methyl/N-ethyl adjacent to an activating group) is 1. The van der Waals surface area contributed by atoms with Gasteiger partial charge in [0.1, 0.15) is 29.6 Å². The predicted octanol–water partition coefficient (Wildman–Crippen LogP) is 5.54. The fourth-order valence-electron chi connectivity index (χ4n) is 4.84. The number of nitrogens with zero attached hydrogens (tertiary/aromatic N) is 2. The summed E-state index contributed by atoms with van der Waals surface area (Å²) in [5.74, 6) is 0.0448. The molecule has 0 saturated carbocycles.